The van der Waals surface area contributed by atoms with Crippen molar-refractivity contribution in [2.24, 2.45) is 11.8 Å². The molecule has 2 aromatic heterocycles. The maximum Gasteiger partial charge on any atom is 0.225 e. The molecule has 0 spiro atoms. The van der Waals surface area contributed by atoms with Crippen LogP contribution in [0.15, 0.2) is 0 Å². The van der Waals surface area contributed by atoms with E-state index in [0.717, 1.165) is 29.9 Å². The minimum Gasteiger partial charge on any atom is -0.281 e. The fraction of sp³-hybridized carbons (Fsp3) is 0.692. The number of H-pyrrole nitrogens is 2. The smallest absolute Gasteiger partial charge is 0.225 e. The molecule has 0 amide bonds. The Balaban J connectivity index is 1.51. The van der Waals surface area contributed by atoms with Crippen molar-refractivity contribution in [2.75, 3.05) is 0 Å². The van der Waals surface area contributed by atoms with Crippen molar-refractivity contribution >= 4 is 0 Å². The highest BCUT2D eigenvalue weighted by Crippen LogP contribution is 2.63. The zero-order valence-corrected chi connectivity index (χ0v) is 11.1. The summed E-state index contributed by atoms with van der Waals surface area (Å²) in [7, 11) is 0. The van der Waals surface area contributed by atoms with Crippen molar-refractivity contribution in [3.63, 3.8) is 0 Å². The zero-order valence-electron chi connectivity index (χ0n) is 11.1. The molecule has 2 aliphatic carbocycles. The van der Waals surface area contributed by atoms with E-state index >= 15 is 0 Å². The number of nitrogens with one attached hydrogen (secondary N) is 2. The quantitative estimate of drug-likeness (QED) is 0.804. The Morgan fingerprint density at radius 2 is 2.21 bits per heavy atom. The second-order valence-corrected chi connectivity index (χ2v) is 5.75. The lowest BCUT2D eigenvalue weighted by molar-refractivity contribution is 0.571. The highest BCUT2D eigenvalue weighted by molar-refractivity contribution is 5.59. The second kappa shape index (κ2) is 4.15. The van der Waals surface area contributed by atoms with Gasteiger partial charge < -0.3 is 0 Å². The van der Waals surface area contributed by atoms with Crippen LogP contribution in [0.2, 0.25) is 0 Å². The number of rotatable bonds is 5. The lowest BCUT2D eigenvalue weighted by Gasteiger charge is -2.03. The molecule has 1 saturated carbocycles. The van der Waals surface area contributed by atoms with E-state index < -0.39 is 0 Å². The summed E-state index contributed by atoms with van der Waals surface area (Å²) in [5.41, 5.74) is 3.55. The number of fused-ring (bicyclic) bond motifs is 3. The third-order valence-corrected chi connectivity index (χ3v) is 4.70. The molecule has 2 heterocycles. The molecule has 2 aliphatic rings. The normalized spacial score (nSPS) is 27.3. The van der Waals surface area contributed by atoms with Crippen LogP contribution in [-0.4, -0.2) is 30.8 Å². The Hall–Kier alpha value is -1.72. The number of aromatic amines is 2. The van der Waals surface area contributed by atoms with Crippen LogP contribution in [0.3, 0.4) is 0 Å². The first-order valence-electron chi connectivity index (χ1n) is 7.21. The van der Waals surface area contributed by atoms with Gasteiger partial charge in [0.1, 0.15) is 5.69 Å². The van der Waals surface area contributed by atoms with Gasteiger partial charge in [-0.05, 0) is 29.9 Å². The second-order valence-electron chi connectivity index (χ2n) is 5.75. The maximum atomic E-state index is 4.38. The van der Waals surface area contributed by atoms with Gasteiger partial charge in [0.25, 0.3) is 0 Å². The molecular weight excluding hydrogens is 240 g/mol. The van der Waals surface area contributed by atoms with Crippen molar-refractivity contribution in [3.8, 4) is 11.5 Å². The van der Waals surface area contributed by atoms with Crippen LogP contribution >= 0.6 is 0 Å². The van der Waals surface area contributed by atoms with Crippen LogP contribution in [0.25, 0.3) is 11.5 Å². The zero-order chi connectivity index (χ0) is 12.8. The number of nitrogens with zero attached hydrogens (tertiary/aromatic N) is 4. The number of unbranched alkanes of at least 4 members (excludes halogenated alkanes) is 2. The van der Waals surface area contributed by atoms with Gasteiger partial charge in [-0.3, -0.25) is 5.10 Å². The number of hydrogen-bond donors (Lipinski definition) is 2. The third kappa shape index (κ3) is 1.62. The van der Waals surface area contributed by atoms with E-state index in [4.69, 9.17) is 0 Å². The molecule has 0 bridgehead atoms. The molecule has 0 saturated heterocycles. The van der Waals surface area contributed by atoms with Gasteiger partial charge in [-0.25, -0.2) is 0 Å². The summed E-state index contributed by atoms with van der Waals surface area (Å²) in [6, 6.07) is 0. The summed E-state index contributed by atoms with van der Waals surface area (Å²) in [6.45, 7) is 2.26. The summed E-state index contributed by atoms with van der Waals surface area (Å²) < 4.78 is 0. The van der Waals surface area contributed by atoms with E-state index in [9.17, 15) is 0 Å². The molecule has 100 valence electrons. The van der Waals surface area contributed by atoms with Gasteiger partial charge in [0.15, 0.2) is 0 Å². The van der Waals surface area contributed by atoms with Crippen molar-refractivity contribution in [2.45, 2.75) is 44.9 Å². The van der Waals surface area contributed by atoms with Crippen LogP contribution in [0, 0.1) is 11.8 Å². The topological polar surface area (TPSA) is 83.1 Å². The maximum absolute atomic E-state index is 4.38. The minimum absolute atomic E-state index is 0.612. The number of tetrazole rings is 1. The van der Waals surface area contributed by atoms with Crippen LogP contribution < -0.4 is 0 Å². The van der Waals surface area contributed by atoms with Gasteiger partial charge in [-0.2, -0.15) is 10.3 Å². The van der Waals surface area contributed by atoms with Gasteiger partial charge in [-0.1, -0.05) is 26.2 Å². The molecule has 19 heavy (non-hydrogen) atoms. The van der Waals surface area contributed by atoms with Crippen molar-refractivity contribution in [1.29, 1.82) is 0 Å². The first-order chi connectivity index (χ1) is 9.40. The summed E-state index contributed by atoms with van der Waals surface area (Å²) >= 11 is 0. The molecule has 4 rings (SSSR count). The van der Waals surface area contributed by atoms with Gasteiger partial charge in [-0.15, -0.1) is 10.2 Å². The van der Waals surface area contributed by atoms with Crippen LogP contribution in [0.5, 0.6) is 0 Å². The van der Waals surface area contributed by atoms with Crippen LogP contribution in [0.1, 0.15) is 49.8 Å². The molecule has 0 radical (unpaired) electrons. The molecule has 2 aromatic rings. The van der Waals surface area contributed by atoms with Crippen molar-refractivity contribution in [3.05, 3.63) is 11.3 Å². The van der Waals surface area contributed by atoms with Gasteiger partial charge in [0.05, 0.1) is 0 Å². The lowest BCUT2D eigenvalue weighted by Crippen LogP contribution is -1.95. The van der Waals surface area contributed by atoms with Crippen molar-refractivity contribution in [1.82, 2.24) is 30.8 Å². The Morgan fingerprint density at radius 1 is 1.26 bits per heavy atom. The SMILES string of the molecule is CCCCC[C@H]1[C@H]2Cc3c(-c4nn[nH]n4)n[nH]c3[C@H]21. The van der Waals surface area contributed by atoms with E-state index in [-0.39, 0.29) is 0 Å². The Labute approximate surface area is 111 Å². The Morgan fingerprint density at radius 3 is 3.00 bits per heavy atom. The van der Waals surface area contributed by atoms with E-state index in [1.54, 1.807) is 0 Å². The molecule has 6 heteroatoms. The first-order valence-corrected chi connectivity index (χ1v) is 7.21. The summed E-state index contributed by atoms with van der Waals surface area (Å²) in [5, 5.41) is 21.7. The predicted molar refractivity (Wildman–Crippen MR) is 69.3 cm³/mol. The Bertz CT molecular complexity index is 572. The van der Waals surface area contributed by atoms with Gasteiger partial charge >= 0.3 is 0 Å². The highest BCUT2D eigenvalue weighted by Gasteiger charge is 2.56. The van der Waals surface area contributed by atoms with E-state index in [1.807, 2.05) is 0 Å². The molecule has 3 atom stereocenters. The fourth-order valence-electron chi connectivity index (χ4n) is 3.72. The number of aromatic nitrogens is 6. The average Bonchev–Trinajstić information content (AvgIpc) is 2.90. The van der Waals surface area contributed by atoms with Crippen LogP contribution in [0.4, 0.5) is 0 Å². The monoisotopic (exact) mass is 258 g/mol. The van der Waals surface area contributed by atoms with Gasteiger partial charge in [0.2, 0.25) is 5.82 Å². The third-order valence-electron chi connectivity index (χ3n) is 4.70. The summed E-state index contributed by atoms with van der Waals surface area (Å²) in [4.78, 5) is 0. The standard InChI is InChI=1S/C13H18N6/c1-2-3-4-5-7-8-6-9-11(10(7)8)14-15-12(9)13-16-18-19-17-13/h7-8,10H,2-6H2,1H3,(H,14,15)(H,16,17,18,19)/t7-,8+,10-/m0/s1. The van der Waals surface area contributed by atoms with Crippen molar-refractivity contribution < 1.29 is 0 Å². The van der Waals surface area contributed by atoms with Crippen LogP contribution in [-0.2, 0) is 6.42 Å². The number of hydrogen-bond acceptors (Lipinski definition) is 4. The van der Waals surface area contributed by atoms with E-state index in [0.29, 0.717) is 5.82 Å². The predicted octanol–water partition coefficient (Wildman–Crippen LogP) is 2.06. The van der Waals surface area contributed by atoms with E-state index in [2.05, 4.69) is 37.7 Å². The van der Waals surface area contributed by atoms with Gasteiger partial charge in [0, 0.05) is 17.2 Å². The Kier molecular flexibility index (Phi) is 2.43. The molecule has 2 N–H and O–H groups in total. The summed E-state index contributed by atoms with van der Waals surface area (Å²) in [6.07, 6.45) is 6.55. The molecular formula is C13H18N6. The molecule has 0 aliphatic heterocycles. The largest absolute Gasteiger partial charge is 0.281 e. The molecule has 0 unspecified atom stereocenters. The first kappa shape index (κ1) is 11.1. The summed E-state index contributed by atoms with van der Waals surface area (Å²) in [5.74, 6) is 3.06. The average molecular weight is 258 g/mol. The molecule has 6 nitrogen and oxygen atoms in total. The molecule has 0 aromatic carbocycles. The molecule has 1 fully saturated rings. The highest BCUT2D eigenvalue weighted by atomic mass is 15.5. The lowest BCUT2D eigenvalue weighted by atomic mass is 10.0. The minimum atomic E-state index is 0.612. The van der Waals surface area contributed by atoms with E-state index in [1.165, 1.54) is 36.9 Å². The fourth-order valence-corrected chi connectivity index (χ4v) is 3.72.